The third-order valence-corrected chi connectivity index (χ3v) is 5.58. The minimum Gasteiger partial charge on any atom is -0.469 e. The molecule has 3 unspecified atom stereocenters. The Morgan fingerprint density at radius 2 is 1.85 bits per heavy atom. The molecule has 0 amide bonds. The molecule has 0 radical (unpaired) electrons. The summed E-state index contributed by atoms with van der Waals surface area (Å²) in [6.45, 7) is 7.02. The fourth-order valence-electron chi connectivity index (χ4n) is 2.75. The van der Waals surface area contributed by atoms with Crippen LogP contribution in [0.1, 0.15) is 27.2 Å². The minimum absolute atomic E-state index is 0.133. The average Bonchev–Trinajstić information content (AvgIpc) is 2.36. The summed E-state index contributed by atoms with van der Waals surface area (Å²) in [5.41, 5.74) is 0. The summed E-state index contributed by atoms with van der Waals surface area (Å²) in [6.07, 6.45) is 1.05. The van der Waals surface area contributed by atoms with E-state index in [0.29, 0.717) is 24.9 Å². The standard InChI is InChI=1S/C13H26N2O4S/c1-10-6-11(2)8-15(7-10)20(17,18)14(4)9-12(3)13(16)19-5/h10-12H,6-9H2,1-5H3. The molecule has 0 saturated carbocycles. The third kappa shape index (κ3) is 4.17. The lowest BCUT2D eigenvalue weighted by Crippen LogP contribution is -2.49. The Balaban J connectivity index is 2.74. The zero-order valence-corrected chi connectivity index (χ0v) is 13.8. The second kappa shape index (κ2) is 6.87. The summed E-state index contributed by atoms with van der Waals surface area (Å²) in [4.78, 5) is 11.4. The number of carbonyl (C=O) groups excluding carboxylic acids is 1. The van der Waals surface area contributed by atoms with Crippen molar-refractivity contribution in [2.45, 2.75) is 27.2 Å². The fraction of sp³-hybridized carbons (Fsp3) is 0.923. The molecule has 1 heterocycles. The van der Waals surface area contributed by atoms with Gasteiger partial charge < -0.3 is 4.74 Å². The van der Waals surface area contributed by atoms with Crippen molar-refractivity contribution >= 4 is 16.2 Å². The first kappa shape index (κ1) is 17.4. The molecule has 0 aromatic rings. The lowest BCUT2D eigenvalue weighted by atomic mass is 9.94. The first-order valence-electron chi connectivity index (χ1n) is 6.97. The van der Waals surface area contributed by atoms with Crippen LogP contribution in [0.4, 0.5) is 0 Å². The number of hydrogen-bond donors (Lipinski definition) is 0. The van der Waals surface area contributed by atoms with Crippen molar-refractivity contribution < 1.29 is 17.9 Å². The van der Waals surface area contributed by atoms with Gasteiger partial charge in [-0.1, -0.05) is 20.8 Å². The molecular weight excluding hydrogens is 280 g/mol. The van der Waals surface area contributed by atoms with Crippen LogP contribution in [0.2, 0.25) is 0 Å². The van der Waals surface area contributed by atoms with Crippen LogP contribution in [0.3, 0.4) is 0 Å². The number of ether oxygens (including phenoxy) is 1. The number of esters is 1. The molecule has 3 atom stereocenters. The van der Waals surface area contributed by atoms with Crippen molar-refractivity contribution in [3.8, 4) is 0 Å². The maximum absolute atomic E-state index is 12.5. The van der Waals surface area contributed by atoms with Gasteiger partial charge in [-0.15, -0.1) is 0 Å². The normalized spacial score (nSPS) is 26.5. The van der Waals surface area contributed by atoms with Gasteiger partial charge in [-0.3, -0.25) is 4.79 Å². The van der Waals surface area contributed by atoms with E-state index in [9.17, 15) is 13.2 Å². The molecule has 7 heteroatoms. The number of piperidine rings is 1. The predicted octanol–water partition coefficient (Wildman–Crippen LogP) is 0.950. The number of methoxy groups -OCH3 is 1. The molecule has 0 spiro atoms. The number of rotatable bonds is 5. The predicted molar refractivity (Wildman–Crippen MR) is 77.2 cm³/mol. The van der Waals surface area contributed by atoms with Crippen LogP contribution >= 0.6 is 0 Å². The van der Waals surface area contributed by atoms with Gasteiger partial charge in [0, 0.05) is 26.7 Å². The van der Waals surface area contributed by atoms with E-state index in [1.54, 1.807) is 6.92 Å². The highest BCUT2D eigenvalue weighted by atomic mass is 32.2. The molecular formula is C13H26N2O4S. The highest BCUT2D eigenvalue weighted by Crippen LogP contribution is 2.24. The Labute approximate surface area is 122 Å². The summed E-state index contributed by atoms with van der Waals surface area (Å²) in [5, 5.41) is 0. The Morgan fingerprint density at radius 1 is 1.35 bits per heavy atom. The second-order valence-corrected chi connectivity index (χ2v) is 8.01. The number of carbonyl (C=O) groups is 1. The first-order chi connectivity index (χ1) is 9.18. The minimum atomic E-state index is -3.51. The summed E-state index contributed by atoms with van der Waals surface area (Å²) in [5.74, 6) is -0.147. The van der Waals surface area contributed by atoms with E-state index in [1.807, 2.05) is 0 Å². The van der Waals surface area contributed by atoms with E-state index in [0.717, 1.165) is 6.42 Å². The van der Waals surface area contributed by atoms with Crippen molar-refractivity contribution in [2.75, 3.05) is 33.8 Å². The van der Waals surface area contributed by atoms with Crippen LogP contribution in [-0.4, -0.2) is 56.8 Å². The number of nitrogens with zero attached hydrogens (tertiary/aromatic N) is 2. The van der Waals surface area contributed by atoms with E-state index in [-0.39, 0.29) is 6.54 Å². The highest BCUT2D eigenvalue weighted by molar-refractivity contribution is 7.86. The van der Waals surface area contributed by atoms with Gasteiger partial charge in [0.25, 0.3) is 10.2 Å². The maximum Gasteiger partial charge on any atom is 0.309 e. The summed E-state index contributed by atoms with van der Waals surface area (Å²) >= 11 is 0. The van der Waals surface area contributed by atoms with Crippen molar-refractivity contribution in [3.63, 3.8) is 0 Å². The molecule has 6 nitrogen and oxygen atoms in total. The molecule has 0 aromatic heterocycles. The van der Waals surface area contributed by atoms with Gasteiger partial charge in [-0.25, -0.2) is 0 Å². The van der Waals surface area contributed by atoms with Crippen LogP contribution in [0, 0.1) is 17.8 Å². The van der Waals surface area contributed by atoms with Crippen LogP contribution in [0.5, 0.6) is 0 Å². The summed E-state index contributed by atoms with van der Waals surface area (Å²) < 4.78 is 32.4. The quantitative estimate of drug-likeness (QED) is 0.709. The van der Waals surface area contributed by atoms with Crippen LogP contribution in [0.15, 0.2) is 0 Å². The van der Waals surface area contributed by atoms with Crippen molar-refractivity contribution in [1.29, 1.82) is 0 Å². The fourth-order valence-corrected chi connectivity index (χ4v) is 4.44. The average molecular weight is 306 g/mol. The van der Waals surface area contributed by atoms with Gasteiger partial charge in [0.1, 0.15) is 0 Å². The third-order valence-electron chi connectivity index (χ3n) is 3.69. The van der Waals surface area contributed by atoms with Crippen LogP contribution in [-0.2, 0) is 19.7 Å². The van der Waals surface area contributed by atoms with Crippen molar-refractivity contribution in [1.82, 2.24) is 8.61 Å². The van der Waals surface area contributed by atoms with Crippen LogP contribution in [0.25, 0.3) is 0 Å². The molecule has 1 fully saturated rings. The van der Waals surface area contributed by atoms with E-state index in [4.69, 9.17) is 0 Å². The SMILES string of the molecule is COC(=O)C(C)CN(C)S(=O)(=O)N1CC(C)CC(C)C1. The van der Waals surface area contributed by atoms with Crippen molar-refractivity contribution in [3.05, 3.63) is 0 Å². The lowest BCUT2D eigenvalue weighted by molar-refractivity contribution is -0.145. The van der Waals surface area contributed by atoms with Crippen LogP contribution < -0.4 is 0 Å². The van der Waals surface area contributed by atoms with Crippen molar-refractivity contribution in [2.24, 2.45) is 17.8 Å². The molecule has 0 N–H and O–H groups in total. The summed E-state index contributed by atoms with van der Waals surface area (Å²) in [7, 11) is -0.686. The van der Waals surface area contributed by atoms with Gasteiger partial charge in [0.2, 0.25) is 0 Å². The molecule has 1 saturated heterocycles. The second-order valence-electron chi connectivity index (χ2n) is 5.98. The first-order valence-corrected chi connectivity index (χ1v) is 8.37. The monoisotopic (exact) mass is 306 g/mol. The molecule has 118 valence electrons. The largest absolute Gasteiger partial charge is 0.469 e. The molecule has 1 rings (SSSR count). The van der Waals surface area contributed by atoms with E-state index in [2.05, 4.69) is 18.6 Å². The Kier molecular flexibility index (Phi) is 5.97. The molecule has 1 aliphatic rings. The zero-order valence-electron chi connectivity index (χ0n) is 13.0. The van der Waals surface area contributed by atoms with Gasteiger partial charge in [-0.2, -0.15) is 17.0 Å². The molecule has 20 heavy (non-hydrogen) atoms. The Bertz CT molecular complexity index is 428. The zero-order chi connectivity index (χ0) is 15.5. The maximum atomic E-state index is 12.5. The van der Waals surface area contributed by atoms with E-state index in [1.165, 1.54) is 22.8 Å². The Hall–Kier alpha value is -0.660. The Morgan fingerprint density at radius 3 is 2.30 bits per heavy atom. The molecule has 1 aliphatic heterocycles. The lowest BCUT2D eigenvalue weighted by Gasteiger charge is -2.36. The van der Waals surface area contributed by atoms with E-state index >= 15 is 0 Å². The van der Waals surface area contributed by atoms with E-state index < -0.39 is 22.1 Å². The van der Waals surface area contributed by atoms with Gasteiger partial charge >= 0.3 is 5.97 Å². The molecule has 0 bridgehead atoms. The summed E-state index contributed by atoms with van der Waals surface area (Å²) in [6, 6.07) is 0. The smallest absolute Gasteiger partial charge is 0.309 e. The van der Waals surface area contributed by atoms with Gasteiger partial charge in [0.05, 0.1) is 13.0 Å². The number of hydrogen-bond acceptors (Lipinski definition) is 4. The molecule has 0 aromatic carbocycles. The molecule has 0 aliphatic carbocycles. The highest BCUT2D eigenvalue weighted by Gasteiger charge is 2.34. The van der Waals surface area contributed by atoms with Gasteiger partial charge in [-0.05, 0) is 18.3 Å². The topological polar surface area (TPSA) is 66.9 Å². The van der Waals surface area contributed by atoms with Gasteiger partial charge in [0.15, 0.2) is 0 Å².